The van der Waals surface area contributed by atoms with Crippen LogP contribution in [0.1, 0.15) is 0 Å². The molecule has 2 aromatic rings. The summed E-state index contributed by atoms with van der Waals surface area (Å²) in [5, 5.41) is 24.2. The van der Waals surface area contributed by atoms with Crippen molar-refractivity contribution in [2.24, 2.45) is 0 Å². The number of nitrogens with zero attached hydrogens (tertiary/aromatic N) is 2. The number of benzene rings is 2. The summed E-state index contributed by atoms with van der Waals surface area (Å²) < 4.78 is 6.05. The van der Waals surface area contributed by atoms with Crippen LogP contribution in [0.15, 0.2) is 42.5 Å². The van der Waals surface area contributed by atoms with E-state index >= 15 is 0 Å². The first-order valence-electron chi connectivity index (χ1n) is 6.48. The van der Waals surface area contributed by atoms with E-state index in [0.717, 1.165) is 21.8 Å². The lowest BCUT2D eigenvalue weighted by atomic mass is 10.2. The quantitative estimate of drug-likeness (QED) is 0.416. The fourth-order valence-electron chi connectivity index (χ4n) is 1.79. The van der Waals surface area contributed by atoms with Crippen LogP contribution in [0.4, 0.5) is 17.1 Å². The highest BCUT2D eigenvalue weighted by atomic mass is 127. The largest absolute Gasteiger partial charge is 0.477 e. The van der Waals surface area contributed by atoms with Crippen molar-refractivity contribution in [2.45, 2.75) is 0 Å². The zero-order valence-corrected chi connectivity index (χ0v) is 14.1. The predicted octanol–water partition coefficient (Wildman–Crippen LogP) is 3.13. The third-order valence-corrected chi connectivity index (χ3v) is 3.49. The molecule has 0 unspecified atom stereocenters. The van der Waals surface area contributed by atoms with Gasteiger partial charge < -0.3 is 10.1 Å². The normalized spacial score (nSPS) is 10.0. The summed E-state index contributed by atoms with van der Waals surface area (Å²) in [4.78, 5) is 31.9. The Bertz CT molecular complexity index is 811. The molecular formula is C14H10IN3O6. The van der Waals surface area contributed by atoms with Gasteiger partial charge in [0.05, 0.1) is 15.9 Å². The van der Waals surface area contributed by atoms with Crippen molar-refractivity contribution in [1.29, 1.82) is 0 Å². The zero-order valence-electron chi connectivity index (χ0n) is 12.0. The van der Waals surface area contributed by atoms with E-state index in [9.17, 15) is 25.0 Å². The number of nitro groups is 2. The third-order valence-electron chi connectivity index (χ3n) is 2.82. The summed E-state index contributed by atoms with van der Waals surface area (Å²) in [6.45, 7) is -0.468. The lowest BCUT2D eigenvalue weighted by molar-refractivity contribution is -0.394. The van der Waals surface area contributed by atoms with Gasteiger partial charge in [0.1, 0.15) is 0 Å². The number of hydrogen-bond acceptors (Lipinski definition) is 6. The lowest BCUT2D eigenvalue weighted by Gasteiger charge is -2.08. The monoisotopic (exact) mass is 443 g/mol. The average Bonchev–Trinajstić information content (AvgIpc) is 2.52. The van der Waals surface area contributed by atoms with Crippen molar-refractivity contribution in [1.82, 2.24) is 0 Å². The molecule has 0 atom stereocenters. The van der Waals surface area contributed by atoms with Crippen molar-refractivity contribution in [3.05, 3.63) is 66.3 Å². The molecule has 24 heavy (non-hydrogen) atoms. The second kappa shape index (κ2) is 7.68. The number of rotatable bonds is 6. The Hall–Kier alpha value is -2.76. The molecule has 0 saturated heterocycles. The summed E-state index contributed by atoms with van der Waals surface area (Å²) in [7, 11) is 0. The van der Waals surface area contributed by atoms with Crippen LogP contribution >= 0.6 is 22.6 Å². The van der Waals surface area contributed by atoms with Gasteiger partial charge in [-0.15, -0.1) is 0 Å². The van der Waals surface area contributed by atoms with Crippen LogP contribution in [-0.4, -0.2) is 22.4 Å². The molecule has 9 nitrogen and oxygen atoms in total. The number of amides is 1. The fraction of sp³-hybridized carbons (Fsp3) is 0.0714. The Kier molecular flexibility index (Phi) is 5.63. The first-order chi connectivity index (χ1) is 11.4. The minimum absolute atomic E-state index is 0.219. The van der Waals surface area contributed by atoms with Crippen molar-refractivity contribution in [3.8, 4) is 5.75 Å². The van der Waals surface area contributed by atoms with Crippen molar-refractivity contribution in [3.63, 3.8) is 0 Å². The minimum Gasteiger partial charge on any atom is -0.477 e. The molecule has 2 aromatic carbocycles. The van der Waals surface area contributed by atoms with Crippen LogP contribution in [0.25, 0.3) is 0 Å². The summed E-state index contributed by atoms with van der Waals surface area (Å²) in [6.07, 6.45) is 0. The van der Waals surface area contributed by atoms with Gasteiger partial charge >= 0.3 is 5.69 Å². The fourth-order valence-corrected chi connectivity index (χ4v) is 2.33. The van der Waals surface area contributed by atoms with Gasteiger partial charge in [0, 0.05) is 15.3 Å². The SMILES string of the molecule is O=C(COc1ccc([N+](=O)[O-])cc1[N+](=O)[O-])Nc1cccc(I)c1. The zero-order chi connectivity index (χ0) is 17.7. The number of nitrogens with one attached hydrogen (secondary N) is 1. The molecule has 0 aromatic heterocycles. The smallest absolute Gasteiger partial charge is 0.317 e. The highest BCUT2D eigenvalue weighted by Gasteiger charge is 2.21. The van der Waals surface area contributed by atoms with Gasteiger partial charge in [-0.05, 0) is 46.9 Å². The van der Waals surface area contributed by atoms with Gasteiger partial charge in [-0.1, -0.05) is 6.07 Å². The molecular weight excluding hydrogens is 433 g/mol. The van der Waals surface area contributed by atoms with Crippen molar-refractivity contribution in [2.75, 3.05) is 11.9 Å². The molecule has 0 bridgehead atoms. The summed E-state index contributed by atoms with van der Waals surface area (Å²) in [6, 6.07) is 10.00. The summed E-state index contributed by atoms with van der Waals surface area (Å²) in [5.74, 6) is -0.729. The average molecular weight is 443 g/mol. The Morgan fingerprint density at radius 1 is 1.12 bits per heavy atom. The van der Waals surface area contributed by atoms with Gasteiger partial charge in [-0.3, -0.25) is 25.0 Å². The molecule has 10 heteroatoms. The van der Waals surface area contributed by atoms with E-state index in [1.165, 1.54) is 0 Å². The Morgan fingerprint density at radius 3 is 2.50 bits per heavy atom. The Balaban J connectivity index is 2.07. The highest BCUT2D eigenvalue weighted by Crippen LogP contribution is 2.30. The number of anilines is 1. The van der Waals surface area contributed by atoms with Gasteiger partial charge in [-0.2, -0.15) is 0 Å². The first kappa shape index (κ1) is 17.6. The third kappa shape index (κ3) is 4.62. The van der Waals surface area contributed by atoms with Gasteiger partial charge in [0.25, 0.3) is 11.6 Å². The Morgan fingerprint density at radius 2 is 1.88 bits per heavy atom. The molecule has 0 heterocycles. The van der Waals surface area contributed by atoms with Gasteiger partial charge in [-0.25, -0.2) is 0 Å². The maximum Gasteiger partial charge on any atom is 0.317 e. The van der Waals surface area contributed by atoms with E-state index < -0.39 is 33.7 Å². The highest BCUT2D eigenvalue weighted by molar-refractivity contribution is 14.1. The van der Waals surface area contributed by atoms with Crippen LogP contribution in [0.5, 0.6) is 5.75 Å². The van der Waals surface area contributed by atoms with E-state index in [1.54, 1.807) is 18.2 Å². The molecule has 0 radical (unpaired) electrons. The van der Waals surface area contributed by atoms with Crippen LogP contribution in [0, 0.1) is 23.8 Å². The van der Waals surface area contributed by atoms with Crippen molar-refractivity contribution >= 4 is 45.6 Å². The number of ether oxygens (including phenoxy) is 1. The Labute approximate surface area is 149 Å². The number of non-ortho nitro benzene ring substituents is 1. The topological polar surface area (TPSA) is 125 Å². The van der Waals surface area contributed by atoms with E-state index in [1.807, 2.05) is 6.07 Å². The number of halogens is 1. The molecule has 0 aliphatic heterocycles. The number of carbonyl (C=O) groups excluding carboxylic acids is 1. The van der Waals surface area contributed by atoms with E-state index in [4.69, 9.17) is 4.74 Å². The van der Waals surface area contributed by atoms with Crippen LogP contribution < -0.4 is 10.1 Å². The first-order valence-corrected chi connectivity index (χ1v) is 7.56. The van der Waals surface area contributed by atoms with E-state index in [-0.39, 0.29) is 5.75 Å². The molecule has 1 amide bonds. The van der Waals surface area contributed by atoms with Crippen LogP contribution in [0.2, 0.25) is 0 Å². The standard InChI is InChI=1S/C14H10IN3O6/c15-9-2-1-3-10(6-9)16-14(19)8-24-13-5-4-11(17(20)21)7-12(13)18(22)23/h1-7H,8H2,(H,16,19). The van der Waals surface area contributed by atoms with E-state index in [2.05, 4.69) is 27.9 Å². The molecule has 124 valence electrons. The predicted molar refractivity (Wildman–Crippen MR) is 93.0 cm³/mol. The molecule has 0 aliphatic carbocycles. The van der Waals surface area contributed by atoms with Crippen LogP contribution in [0.3, 0.4) is 0 Å². The summed E-state index contributed by atoms with van der Waals surface area (Å²) in [5.41, 5.74) is -0.447. The minimum atomic E-state index is -0.806. The molecule has 0 spiro atoms. The van der Waals surface area contributed by atoms with Crippen LogP contribution in [-0.2, 0) is 4.79 Å². The maximum absolute atomic E-state index is 11.8. The number of carbonyl (C=O) groups is 1. The number of hydrogen-bond donors (Lipinski definition) is 1. The second-order valence-electron chi connectivity index (χ2n) is 4.51. The maximum atomic E-state index is 11.8. The van der Waals surface area contributed by atoms with Crippen molar-refractivity contribution < 1.29 is 19.4 Å². The molecule has 2 rings (SSSR count). The van der Waals surface area contributed by atoms with Gasteiger partial charge in [0.15, 0.2) is 12.4 Å². The molecule has 0 fully saturated rings. The molecule has 0 aliphatic rings. The van der Waals surface area contributed by atoms with Gasteiger partial charge in [0.2, 0.25) is 0 Å². The lowest BCUT2D eigenvalue weighted by Crippen LogP contribution is -2.20. The number of nitro benzene ring substituents is 2. The summed E-state index contributed by atoms with van der Waals surface area (Å²) >= 11 is 2.09. The second-order valence-corrected chi connectivity index (χ2v) is 5.76. The van der Waals surface area contributed by atoms with E-state index in [0.29, 0.717) is 5.69 Å². The molecule has 0 saturated carbocycles. The molecule has 1 N–H and O–H groups in total.